The minimum atomic E-state index is -5.12. The van der Waals surface area contributed by atoms with Crippen LogP contribution in [0, 0.1) is 6.92 Å². The molecule has 2 heterocycles. The summed E-state index contributed by atoms with van der Waals surface area (Å²) in [4.78, 5) is 39.7. The predicted octanol–water partition coefficient (Wildman–Crippen LogP) is 5.93. The SMILES string of the molecule is Cc1cc(Cn2nnn(-c3cc(C(F)(F)F)cc(C(F)(F)F)c3)c2=O)ccc1N1C(=O)c2cc(Cl)c(Cl)cc2C1=O. The minimum absolute atomic E-state index is 0.0686. The Morgan fingerprint density at radius 2 is 1.29 bits per heavy atom. The van der Waals surface area contributed by atoms with Gasteiger partial charge in [0, 0.05) is 0 Å². The van der Waals surface area contributed by atoms with Gasteiger partial charge in [0.25, 0.3) is 11.8 Å². The highest BCUT2D eigenvalue weighted by Crippen LogP contribution is 2.37. The van der Waals surface area contributed by atoms with Crippen LogP contribution >= 0.6 is 23.2 Å². The van der Waals surface area contributed by atoms with Crippen molar-refractivity contribution in [3.05, 3.63) is 102 Å². The fraction of sp³-hybridized carbons (Fsp3) is 0.160. The minimum Gasteiger partial charge on any atom is -0.268 e. The van der Waals surface area contributed by atoms with Crippen molar-refractivity contribution >= 4 is 40.7 Å². The second-order valence-corrected chi connectivity index (χ2v) is 9.79. The van der Waals surface area contributed by atoms with Crippen LogP contribution in [0.25, 0.3) is 5.69 Å². The number of aryl methyl sites for hydroxylation is 1. The zero-order valence-electron chi connectivity index (χ0n) is 20.3. The molecule has 2 amide bonds. The fourth-order valence-corrected chi connectivity index (χ4v) is 4.62. The summed E-state index contributed by atoms with van der Waals surface area (Å²) >= 11 is 12.0. The Morgan fingerprint density at radius 3 is 1.78 bits per heavy atom. The molecule has 1 aliphatic heterocycles. The third kappa shape index (κ3) is 5.08. The summed E-state index contributed by atoms with van der Waals surface area (Å²) in [6.45, 7) is 1.31. The van der Waals surface area contributed by atoms with Crippen LogP contribution in [-0.2, 0) is 18.9 Å². The van der Waals surface area contributed by atoms with Gasteiger partial charge in [-0.3, -0.25) is 9.59 Å². The van der Waals surface area contributed by atoms with Gasteiger partial charge in [0.05, 0.1) is 50.2 Å². The van der Waals surface area contributed by atoms with Crippen LogP contribution in [0.15, 0.2) is 53.3 Å². The van der Waals surface area contributed by atoms with Gasteiger partial charge in [0.15, 0.2) is 0 Å². The van der Waals surface area contributed by atoms with E-state index in [0.29, 0.717) is 27.9 Å². The second kappa shape index (κ2) is 9.73. The van der Waals surface area contributed by atoms with Crippen LogP contribution < -0.4 is 10.6 Å². The molecule has 8 nitrogen and oxygen atoms in total. The van der Waals surface area contributed by atoms with Crippen molar-refractivity contribution in [3.63, 3.8) is 0 Å². The molecule has 0 radical (unpaired) electrons. The van der Waals surface area contributed by atoms with E-state index in [1.165, 1.54) is 30.3 Å². The van der Waals surface area contributed by atoms with Gasteiger partial charge in [-0.05, 0) is 64.9 Å². The van der Waals surface area contributed by atoms with Crippen molar-refractivity contribution in [1.82, 2.24) is 19.8 Å². The summed E-state index contributed by atoms with van der Waals surface area (Å²) in [5, 5.41) is 7.22. The average molecular weight is 616 g/mol. The molecule has 0 aliphatic carbocycles. The number of halogens is 8. The number of carbonyl (C=O) groups is 2. The molecule has 0 fully saturated rings. The molecule has 0 N–H and O–H groups in total. The smallest absolute Gasteiger partial charge is 0.268 e. The number of anilines is 1. The Bertz CT molecular complexity index is 1740. The lowest BCUT2D eigenvalue weighted by Gasteiger charge is -2.17. The van der Waals surface area contributed by atoms with Crippen LogP contribution in [0.3, 0.4) is 0 Å². The number of imide groups is 1. The Kier molecular flexibility index (Phi) is 6.73. The van der Waals surface area contributed by atoms with Crippen molar-refractivity contribution in [2.24, 2.45) is 0 Å². The molecule has 0 atom stereocenters. The van der Waals surface area contributed by atoms with Crippen molar-refractivity contribution < 1.29 is 35.9 Å². The maximum atomic E-state index is 13.2. The van der Waals surface area contributed by atoms with E-state index in [1.807, 2.05) is 0 Å². The molecule has 1 aromatic heterocycles. The van der Waals surface area contributed by atoms with Gasteiger partial charge in [-0.25, -0.2) is 9.69 Å². The van der Waals surface area contributed by atoms with Gasteiger partial charge in [-0.1, -0.05) is 35.3 Å². The Hall–Kier alpha value is -4.17. The number of nitrogens with zero attached hydrogens (tertiary/aromatic N) is 5. The largest absolute Gasteiger partial charge is 0.416 e. The number of alkyl halides is 6. The van der Waals surface area contributed by atoms with Gasteiger partial charge in [0.2, 0.25) is 0 Å². The molecular weight excluding hydrogens is 603 g/mol. The number of tetrazole rings is 1. The van der Waals surface area contributed by atoms with E-state index in [0.717, 1.165) is 9.58 Å². The summed E-state index contributed by atoms with van der Waals surface area (Å²) in [6, 6.07) is 7.66. The quantitative estimate of drug-likeness (QED) is 0.210. The number of benzene rings is 3. The number of carbonyl (C=O) groups excluding carboxylic acids is 2. The van der Waals surface area contributed by atoms with E-state index in [4.69, 9.17) is 23.2 Å². The lowest BCUT2D eigenvalue weighted by Crippen LogP contribution is -2.30. The summed E-state index contributed by atoms with van der Waals surface area (Å²) < 4.78 is 80.5. The van der Waals surface area contributed by atoms with Gasteiger partial charge in [-0.15, -0.1) is 0 Å². The van der Waals surface area contributed by atoms with Gasteiger partial charge >= 0.3 is 18.0 Å². The molecular formula is C25H13Cl2F6N5O3. The molecule has 5 rings (SSSR count). The first-order chi connectivity index (χ1) is 19.1. The van der Waals surface area contributed by atoms with Crippen LogP contribution in [0.4, 0.5) is 32.0 Å². The molecule has 1 aliphatic rings. The number of amides is 2. The van der Waals surface area contributed by atoms with E-state index in [1.54, 1.807) is 6.92 Å². The van der Waals surface area contributed by atoms with E-state index in [2.05, 4.69) is 10.4 Å². The van der Waals surface area contributed by atoms with Gasteiger partial charge in [0.1, 0.15) is 0 Å². The topological polar surface area (TPSA) is 90.1 Å². The number of aromatic nitrogens is 4. The van der Waals surface area contributed by atoms with Crippen molar-refractivity contribution in [1.29, 1.82) is 0 Å². The normalized spacial score (nSPS) is 13.7. The fourth-order valence-electron chi connectivity index (χ4n) is 4.29. The first kappa shape index (κ1) is 28.4. The van der Waals surface area contributed by atoms with Crippen LogP contribution in [0.1, 0.15) is 43.0 Å². The molecule has 0 saturated carbocycles. The maximum absolute atomic E-state index is 13.2. The molecule has 212 valence electrons. The third-order valence-corrected chi connectivity index (χ3v) is 6.94. The number of rotatable bonds is 4. The zero-order valence-corrected chi connectivity index (χ0v) is 21.8. The van der Waals surface area contributed by atoms with Crippen LogP contribution in [0.2, 0.25) is 10.0 Å². The third-order valence-electron chi connectivity index (χ3n) is 6.22. The van der Waals surface area contributed by atoms with Gasteiger partial charge < -0.3 is 0 Å². The number of fused-ring (bicyclic) bond motifs is 1. The average Bonchev–Trinajstić information content (AvgIpc) is 3.35. The Balaban J connectivity index is 1.45. The van der Waals surface area contributed by atoms with Crippen LogP contribution in [-0.4, -0.2) is 31.6 Å². The lowest BCUT2D eigenvalue weighted by atomic mass is 10.1. The van der Waals surface area contributed by atoms with E-state index in [-0.39, 0.29) is 39.5 Å². The number of hydrogen-bond acceptors (Lipinski definition) is 5. The molecule has 16 heteroatoms. The van der Waals surface area contributed by atoms with Crippen LogP contribution in [0.5, 0.6) is 0 Å². The first-order valence-electron chi connectivity index (χ1n) is 11.4. The highest BCUT2D eigenvalue weighted by molar-refractivity contribution is 6.44. The lowest BCUT2D eigenvalue weighted by molar-refractivity contribution is -0.143. The van der Waals surface area contributed by atoms with Crippen molar-refractivity contribution in [3.8, 4) is 5.69 Å². The first-order valence-corrected chi connectivity index (χ1v) is 12.1. The maximum Gasteiger partial charge on any atom is 0.416 e. The van der Waals surface area contributed by atoms with E-state index in [9.17, 15) is 40.7 Å². The predicted molar refractivity (Wildman–Crippen MR) is 134 cm³/mol. The standard InChI is InChI=1S/C25H13Cl2F6N5O3/c1-11-4-12(2-3-20(11)37-21(39)16-8-18(26)19(27)9-17(16)22(37)40)10-36-23(41)38(35-34-36)15-6-13(24(28,29)30)5-14(7-15)25(31,32)33/h2-9H,10H2,1H3. The van der Waals surface area contributed by atoms with Crippen molar-refractivity contribution in [2.45, 2.75) is 25.8 Å². The highest BCUT2D eigenvalue weighted by Gasteiger charge is 2.39. The second-order valence-electron chi connectivity index (χ2n) is 8.97. The Morgan fingerprint density at radius 1 is 0.756 bits per heavy atom. The van der Waals surface area contributed by atoms with E-state index < -0.39 is 46.7 Å². The van der Waals surface area contributed by atoms with Crippen molar-refractivity contribution in [2.75, 3.05) is 4.90 Å². The zero-order chi connectivity index (χ0) is 30.0. The summed E-state index contributed by atoms with van der Waals surface area (Å²) in [6.07, 6.45) is -10.2. The molecule has 0 unspecified atom stereocenters. The number of hydrogen-bond donors (Lipinski definition) is 0. The summed E-state index contributed by atoms with van der Waals surface area (Å²) in [7, 11) is 0. The molecule has 3 aromatic carbocycles. The monoisotopic (exact) mass is 615 g/mol. The highest BCUT2D eigenvalue weighted by atomic mass is 35.5. The summed E-state index contributed by atoms with van der Waals surface area (Å²) in [5.74, 6) is -1.25. The summed E-state index contributed by atoms with van der Waals surface area (Å²) in [5.41, 5.74) is -3.91. The molecule has 0 saturated heterocycles. The molecule has 41 heavy (non-hydrogen) atoms. The molecule has 0 bridgehead atoms. The molecule has 0 spiro atoms. The molecule has 4 aromatic rings. The van der Waals surface area contributed by atoms with E-state index >= 15 is 0 Å². The Labute approximate surface area is 235 Å². The van der Waals surface area contributed by atoms with Gasteiger partial charge in [-0.2, -0.15) is 35.7 Å².